The van der Waals surface area contributed by atoms with Crippen molar-refractivity contribution in [3.8, 4) is 0 Å². The van der Waals surface area contributed by atoms with Crippen LogP contribution in [-0.2, 0) is 0 Å². The molecule has 0 saturated heterocycles. The lowest BCUT2D eigenvalue weighted by Crippen LogP contribution is -2.24. The van der Waals surface area contributed by atoms with Gasteiger partial charge in [0.05, 0.1) is 0 Å². The number of aromatic nitrogens is 1. The maximum absolute atomic E-state index is 6.06. The van der Waals surface area contributed by atoms with Gasteiger partial charge >= 0.3 is 0 Å². The molecular formula is C16H19ClN2. The minimum atomic E-state index is 0.262. The molecule has 0 bridgehead atoms. The molecule has 0 aliphatic rings. The molecule has 0 aliphatic carbocycles. The first-order valence-electron chi connectivity index (χ1n) is 6.62. The molecular weight excluding hydrogens is 256 g/mol. The molecule has 0 radical (unpaired) electrons. The van der Waals surface area contributed by atoms with Crippen molar-refractivity contribution in [2.75, 3.05) is 0 Å². The van der Waals surface area contributed by atoms with Crippen LogP contribution in [0.1, 0.15) is 43.5 Å². The fraction of sp³-hybridized carbons (Fsp3) is 0.312. The topological polar surface area (TPSA) is 24.9 Å². The molecule has 1 unspecified atom stereocenters. The molecule has 1 aromatic carbocycles. The van der Waals surface area contributed by atoms with Crippen molar-refractivity contribution < 1.29 is 0 Å². The van der Waals surface area contributed by atoms with Crippen LogP contribution in [0.5, 0.6) is 0 Å². The molecule has 2 aromatic rings. The number of pyridine rings is 1. The maximum atomic E-state index is 6.06. The summed E-state index contributed by atoms with van der Waals surface area (Å²) in [5, 5.41) is 4.41. The molecule has 0 fully saturated rings. The number of nitrogens with one attached hydrogen (secondary N) is 1. The Kier molecular flexibility index (Phi) is 4.94. The van der Waals surface area contributed by atoms with E-state index in [-0.39, 0.29) is 6.04 Å². The van der Waals surface area contributed by atoms with Crippen LogP contribution in [0.2, 0.25) is 5.02 Å². The van der Waals surface area contributed by atoms with Gasteiger partial charge in [0.25, 0.3) is 0 Å². The average Bonchev–Trinajstić information content (AvgIpc) is 2.45. The minimum Gasteiger partial charge on any atom is -0.303 e. The Hall–Kier alpha value is -1.38. The average molecular weight is 275 g/mol. The molecule has 100 valence electrons. The van der Waals surface area contributed by atoms with Gasteiger partial charge < -0.3 is 5.32 Å². The Labute approximate surface area is 119 Å². The van der Waals surface area contributed by atoms with Gasteiger partial charge in [0.2, 0.25) is 0 Å². The van der Waals surface area contributed by atoms with Crippen molar-refractivity contribution in [2.24, 2.45) is 0 Å². The van der Waals surface area contributed by atoms with Crippen LogP contribution < -0.4 is 5.32 Å². The van der Waals surface area contributed by atoms with E-state index >= 15 is 0 Å². The fourth-order valence-electron chi connectivity index (χ4n) is 2.20. The van der Waals surface area contributed by atoms with E-state index in [0.29, 0.717) is 6.04 Å². The first kappa shape index (κ1) is 14.0. The molecule has 0 aliphatic heterocycles. The zero-order chi connectivity index (χ0) is 13.7. The summed E-state index contributed by atoms with van der Waals surface area (Å²) in [6.07, 6.45) is 4.72. The molecule has 0 saturated carbocycles. The number of benzene rings is 1. The van der Waals surface area contributed by atoms with E-state index in [1.807, 2.05) is 30.5 Å². The van der Waals surface area contributed by atoms with Crippen molar-refractivity contribution in [1.29, 1.82) is 0 Å². The summed E-state index contributed by atoms with van der Waals surface area (Å²) < 4.78 is 0. The summed E-state index contributed by atoms with van der Waals surface area (Å²) in [5.74, 6) is 0. The van der Waals surface area contributed by atoms with Gasteiger partial charge in [-0.2, -0.15) is 0 Å². The maximum Gasteiger partial charge on any atom is 0.0409 e. The standard InChI is InChI=1S/C16H19ClN2/c1-3-16(13-6-4-8-15(17)10-13)19-12(2)14-7-5-9-18-11-14/h4-12,16,19H,3H2,1-2H3/t12-,16?/m1/s1. The van der Waals surface area contributed by atoms with Crippen molar-refractivity contribution in [2.45, 2.75) is 32.4 Å². The Bertz CT molecular complexity index is 513. The monoisotopic (exact) mass is 274 g/mol. The second-order valence-electron chi connectivity index (χ2n) is 4.69. The Morgan fingerprint density at radius 2 is 2.00 bits per heavy atom. The summed E-state index contributed by atoms with van der Waals surface area (Å²) in [6, 6.07) is 12.7. The van der Waals surface area contributed by atoms with E-state index in [1.165, 1.54) is 11.1 Å². The molecule has 2 atom stereocenters. The second-order valence-corrected chi connectivity index (χ2v) is 5.13. The molecule has 1 heterocycles. The van der Waals surface area contributed by atoms with E-state index in [9.17, 15) is 0 Å². The van der Waals surface area contributed by atoms with E-state index < -0.39 is 0 Å². The lowest BCUT2D eigenvalue weighted by atomic mass is 10.0. The van der Waals surface area contributed by atoms with Crippen LogP contribution in [0, 0.1) is 0 Å². The van der Waals surface area contributed by atoms with E-state index in [2.05, 4.69) is 36.3 Å². The van der Waals surface area contributed by atoms with Crippen LogP contribution in [0.25, 0.3) is 0 Å². The van der Waals surface area contributed by atoms with Crippen LogP contribution in [-0.4, -0.2) is 4.98 Å². The molecule has 19 heavy (non-hydrogen) atoms. The zero-order valence-electron chi connectivity index (χ0n) is 11.3. The smallest absolute Gasteiger partial charge is 0.0409 e. The van der Waals surface area contributed by atoms with Gasteiger partial charge in [-0.3, -0.25) is 4.98 Å². The molecule has 2 rings (SSSR count). The van der Waals surface area contributed by atoms with Crippen molar-refractivity contribution in [3.05, 3.63) is 64.9 Å². The fourth-order valence-corrected chi connectivity index (χ4v) is 2.40. The van der Waals surface area contributed by atoms with Crippen LogP contribution in [0.4, 0.5) is 0 Å². The molecule has 2 nitrogen and oxygen atoms in total. The van der Waals surface area contributed by atoms with Crippen molar-refractivity contribution >= 4 is 11.6 Å². The Morgan fingerprint density at radius 3 is 2.63 bits per heavy atom. The van der Waals surface area contributed by atoms with Crippen LogP contribution in [0.3, 0.4) is 0 Å². The SMILES string of the molecule is CCC(N[C@H](C)c1cccnc1)c1cccc(Cl)c1. The first-order chi connectivity index (χ1) is 9.20. The molecule has 0 amide bonds. The van der Waals surface area contributed by atoms with Gasteiger partial charge in [-0.05, 0) is 42.7 Å². The van der Waals surface area contributed by atoms with E-state index in [1.54, 1.807) is 6.20 Å². The number of nitrogens with zero attached hydrogens (tertiary/aromatic N) is 1. The number of halogens is 1. The third-order valence-corrected chi connectivity index (χ3v) is 3.53. The summed E-state index contributed by atoms with van der Waals surface area (Å²) in [7, 11) is 0. The van der Waals surface area contributed by atoms with E-state index in [0.717, 1.165) is 11.4 Å². The van der Waals surface area contributed by atoms with Gasteiger partial charge in [-0.15, -0.1) is 0 Å². The van der Waals surface area contributed by atoms with Crippen molar-refractivity contribution in [1.82, 2.24) is 10.3 Å². The minimum absolute atomic E-state index is 0.262. The quantitative estimate of drug-likeness (QED) is 0.866. The second kappa shape index (κ2) is 6.69. The molecule has 0 spiro atoms. The highest BCUT2D eigenvalue weighted by atomic mass is 35.5. The highest BCUT2D eigenvalue weighted by Gasteiger charge is 2.13. The van der Waals surface area contributed by atoms with Crippen molar-refractivity contribution in [3.63, 3.8) is 0 Å². The summed E-state index contributed by atoms with van der Waals surface area (Å²) in [5.41, 5.74) is 2.42. The van der Waals surface area contributed by atoms with Gasteiger partial charge in [0.1, 0.15) is 0 Å². The number of hydrogen-bond acceptors (Lipinski definition) is 2. The Morgan fingerprint density at radius 1 is 1.21 bits per heavy atom. The van der Waals surface area contributed by atoms with Crippen LogP contribution >= 0.6 is 11.6 Å². The summed E-state index contributed by atoms with van der Waals surface area (Å²) in [4.78, 5) is 4.16. The first-order valence-corrected chi connectivity index (χ1v) is 7.00. The van der Waals surface area contributed by atoms with Gasteiger partial charge in [-0.25, -0.2) is 0 Å². The number of rotatable bonds is 5. The molecule has 3 heteroatoms. The normalized spacial score (nSPS) is 14.1. The van der Waals surface area contributed by atoms with Crippen LogP contribution in [0.15, 0.2) is 48.8 Å². The molecule has 1 aromatic heterocycles. The highest BCUT2D eigenvalue weighted by molar-refractivity contribution is 6.30. The van der Waals surface area contributed by atoms with Gasteiger partial charge in [0, 0.05) is 29.5 Å². The zero-order valence-corrected chi connectivity index (χ0v) is 12.1. The number of hydrogen-bond donors (Lipinski definition) is 1. The third kappa shape index (κ3) is 3.79. The highest BCUT2D eigenvalue weighted by Crippen LogP contribution is 2.23. The Balaban J connectivity index is 2.11. The lowest BCUT2D eigenvalue weighted by Gasteiger charge is -2.23. The largest absolute Gasteiger partial charge is 0.303 e. The lowest BCUT2D eigenvalue weighted by molar-refractivity contribution is 0.456. The van der Waals surface area contributed by atoms with E-state index in [4.69, 9.17) is 11.6 Å². The molecule has 1 N–H and O–H groups in total. The summed E-state index contributed by atoms with van der Waals surface area (Å²) >= 11 is 6.06. The third-order valence-electron chi connectivity index (χ3n) is 3.29. The van der Waals surface area contributed by atoms with Gasteiger partial charge in [0.15, 0.2) is 0 Å². The summed E-state index contributed by atoms with van der Waals surface area (Å²) in [6.45, 7) is 4.33. The van der Waals surface area contributed by atoms with Gasteiger partial charge in [-0.1, -0.05) is 36.7 Å². The predicted molar refractivity (Wildman–Crippen MR) is 80.3 cm³/mol. The predicted octanol–water partition coefficient (Wildman–Crippen LogP) is 4.54.